The largest absolute Gasteiger partial charge is 0.0845 e. The minimum absolute atomic E-state index is 1.20. The highest BCUT2D eigenvalue weighted by molar-refractivity contribution is 5.15. The summed E-state index contributed by atoms with van der Waals surface area (Å²) in [5.74, 6) is 0. The summed E-state index contributed by atoms with van der Waals surface area (Å²) in [6.07, 6.45) is 21.2. The summed E-state index contributed by atoms with van der Waals surface area (Å²) in [6, 6.07) is 0. The molecule has 0 rings (SSSR count). The maximum absolute atomic E-state index is 3.59. The first kappa shape index (κ1) is 13.0. The van der Waals surface area contributed by atoms with Crippen LogP contribution in [-0.2, 0) is 0 Å². The third-order valence-electron chi connectivity index (χ3n) is 1.80. The third-order valence-corrected chi connectivity index (χ3v) is 1.80. The Morgan fingerprint density at radius 3 is 2.14 bits per heavy atom. The molecule has 0 unspecified atom stereocenters. The van der Waals surface area contributed by atoms with E-state index in [4.69, 9.17) is 0 Å². The van der Waals surface area contributed by atoms with Crippen molar-refractivity contribution in [2.45, 2.75) is 32.6 Å². The van der Waals surface area contributed by atoms with Crippen LogP contribution < -0.4 is 0 Å². The summed E-state index contributed by atoms with van der Waals surface area (Å²) < 4.78 is 0. The Labute approximate surface area is 88.7 Å². The normalized spacial score (nSPS) is 13.0. The van der Waals surface area contributed by atoms with Gasteiger partial charge in [0.05, 0.1) is 0 Å². The van der Waals surface area contributed by atoms with Crippen LogP contribution in [0.5, 0.6) is 0 Å². The van der Waals surface area contributed by atoms with Crippen molar-refractivity contribution in [3.63, 3.8) is 0 Å². The number of hydrogen-bond donors (Lipinski definition) is 0. The quantitative estimate of drug-likeness (QED) is 0.405. The molecule has 0 saturated heterocycles. The smallest absolute Gasteiger partial charge is 0.0313 e. The molecule has 0 nitrogen and oxygen atoms in total. The number of rotatable bonds is 7. The highest BCUT2D eigenvalue weighted by atomic mass is 13.9. The van der Waals surface area contributed by atoms with Crippen LogP contribution in [-0.4, -0.2) is 0 Å². The molecule has 0 bridgehead atoms. The van der Waals surface area contributed by atoms with Crippen LogP contribution in [0.1, 0.15) is 32.6 Å². The Morgan fingerprint density at radius 1 is 0.857 bits per heavy atom. The zero-order valence-electron chi connectivity index (χ0n) is 9.15. The van der Waals surface area contributed by atoms with Crippen molar-refractivity contribution in [1.82, 2.24) is 0 Å². The van der Waals surface area contributed by atoms with Gasteiger partial charge < -0.3 is 0 Å². The average molecular weight is 189 g/mol. The molecular weight excluding hydrogens is 168 g/mol. The van der Waals surface area contributed by atoms with Gasteiger partial charge in [-0.3, -0.25) is 0 Å². The number of unbranched alkanes of at least 4 members (excludes halogenated alkanes) is 3. The summed E-state index contributed by atoms with van der Waals surface area (Å²) >= 11 is 0. The first-order valence-corrected chi connectivity index (χ1v) is 5.36. The maximum Gasteiger partial charge on any atom is -0.0313 e. The van der Waals surface area contributed by atoms with Crippen molar-refractivity contribution < 1.29 is 0 Å². The van der Waals surface area contributed by atoms with Crippen LogP contribution in [0.15, 0.2) is 48.6 Å². The molecule has 0 aromatic heterocycles. The second kappa shape index (κ2) is 12.0. The summed E-state index contributed by atoms with van der Waals surface area (Å²) in [4.78, 5) is 0. The van der Waals surface area contributed by atoms with Gasteiger partial charge in [-0.05, 0) is 19.8 Å². The molecule has 0 aliphatic rings. The Morgan fingerprint density at radius 2 is 1.50 bits per heavy atom. The predicted octanol–water partition coefficient (Wildman–Crippen LogP) is 4.63. The van der Waals surface area contributed by atoms with E-state index in [1.54, 1.807) is 6.08 Å². The van der Waals surface area contributed by atoms with E-state index < -0.39 is 0 Å². The molecule has 1 radical (unpaired) electrons. The summed E-state index contributed by atoms with van der Waals surface area (Å²) in [6.45, 7) is 5.82. The molecule has 0 aliphatic carbocycles. The average Bonchev–Trinajstić information content (AvgIpc) is 2.21. The van der Waals surface area contributed by atoms with Gasteiger partial charge in [-0.25, -0.2) is 0 Å². The van der Waals surface area contributed by atoms with Crippen LogP contribution in [0.25, 0.3) is 0 Å². The van der Waals surface area contributed by atoms with Gasteiger partial charge in [-0.1, -0.05) is 68.4 Å². The second-order valence-electron chi connectivity index (χ2n) is 3.12. The Bertz CT molecular complexity index is 204. The predicted molar refractivity (Wildman–Crippen MR) is 66.1 cm³/mol. The van der Waals surface area contributed by atoms with Gasteiger partial charge in [0.25, 0.3) is 0 Å². The van der Waals surface area contributed by atoms with Crippen LogP contribution in [0, 0.1) is 6.92 Å². The van der Waals surface area contributed by atoms with E-state index in [9.17, 15) is 0 Å². The maximum atomic E-state index is 3.59. The minimum atomic E-state index is 1.20. The fraction of sp³-hybridized carbons (Fsp3) is 0.357. The topological polar surface area (TPSA) is 0 Å². The summed E-state index contributed by atoms with van der Waals surface area (Å²) in [5, 5.41) is 0. The molecular formula is C14H21. The lowest BCUT2D eigenvalue weighted by molar-refractivity contribution is 0.729. The van der Waals surface area contributed by atoms with Crippen molar-refractivity contribution in [3.8, 4) is 0 Å². The molecule has 0 N–H and O–H groups in total. The van der Waals surface area contributed by atoms with Crippen molar-refractivity contribution in [2.24, 2.45) is 0 Å². The molecule has 0 aromatic rings. The molecule has 0 aliphatic heterocycles. The zero-order chi connectivity index (χ0) is 10.5. The molecule has 0 spiro atoms. The van der Waals surface area contributed by atoms with Gasteiger partial charge in [-0.2, -0.15) is 0 Å². The Kier molecular flexibility index (Phi) is 11.1. The minimum Gasteiger partial charge on any atom is -0.0845 e. The van der Waals surface area contributed by atoms with E-state index in [-0.39, 0.29) is 0 Å². The van der Waals surface area contributed by atoms with E-state index in [0.29, 0.717) is 0 Å². The summed E-state index contributed by atoms with van der Waals surface area (Å²) in [5.41, 5.74) is 0. The summed E-state index contributed by atoms with van der Waals surface area (Å²) in [7, 11) is 0. The first-order valence-electron chi connectivity index (χ1n) is 5.36. The lowest BCUT2D eigenvalue weighted by atomic mass is 10.2. The van der Waals surface area contributed by atoms with E-state index in [0.717, 1.165) is 0 Å². The van der Waals surface area contributed by atoms with E-state index in [1.165, 1.54) is 25.7 Å². The Hall–Kier alpha value is -1.04. The second-order valence-corrected chi connectivity index (χ2v) is 3.12. The van der Waals surface area contributed by atoms with Crippen molar-refractivity contribution in [1.29, 1.82) is 0 Å². The number of hydrogen-bond acceptors (Lipinski definition) is 0. The van der Waals surface area contributed by atoms with Crippen LogP contribution in [0.2, 0.25) is 0 Å². The molecule has 0 fully saturated rings. The molecule has 0 heteroatoms. The molecule has 0 heterocycles. The van der Waals surface area contributed by atoms with Crippen LogP contribution >= 0.6 is 0 Å². The van der Waals surface area contributed by atoms with E-state index >= 15 is 0 Å². The first-order chi connectivity index (χ1) is 6.91. The van der Waals surface area contributed by atoms with Crippen LogP contribution in [0.4, 0.5) is 0 Å². The SMILES string of the molecule is [CH2]/C=C/C=C/C=C/C=C/CCCCC. The van der Waals surface area contributed by atoms with E-state index in [2.05, 4.69) is 32.1 Å². The molecule has 0 amide bonds. The van der Waals surface area contributed by atoms with Gasteiger partial charge in [0.2, 0.25) is 0 Å². The number of allylic oxidation sites excluding steroid dienone is 8. The Balaban J connectivity index is 3.41. The van der Waals surface area contributed by atoms with Crippen LogP contribution in [0.3, 0.4) is 0 Å². The highest BCUT2D eigenvalue weighted by Crippen LogP contribution is 1.99. The fourth-order valence-corrected chi connectivity index (χ4v) is 1.02. The van der Waals surface area contributed by atoms with Crippen molar-refractivity contribution in [3.05, 3.63) is 55.5 Å². The molecule has 0 saturated carbocycles. The van der Waals surface area contributed by atoms with Gasteiger partial charge in [0.1, 0.15) is 0 Å². The lowest BCUT2D eigenvalue weighted by Crippen LogP contribution is -1.69. The molecule has 14 heavy (non-hydrogen) atoms. The zero-order valence-corrected chi connectivity index (χ0v) is 9.15. The standard InChI is InChI=1S/C14H21/c1-3-5-7-9-11-13-14-12-10-8-6-4-2/h3,5,7,9,11-14H,1,4,6,8,10H2,2H3/b5-3+,9-7+,13-11+,14-12+. The van der Waals surface area contributed by atoms with Crippen molar-refractivity contribution >= 4 is 0 Å². The van der Waals surface area contributed by atoms with Gasteiger partial charge in [-0.15, -0.1) is 0 Å². The van der Waals surface area contributed by atoms with E-state index in [1.807, 2.05) is 24.3 Å². The molecule has 77 valence electrons. The van der Waals surface area contributed by atoms with Gasteiger partial charge in [0, 0.05) is 0 Å². The fourth-order valence-electron chi connectivity index (χ4n) is 1.02. The molecule has 0 atom stereocenters. The highest BCUT2D eigenvalue weighted by Gasteiger charge is 1.79. The lowest BCUT2D eigenvalue weighted by Gasteiger charge is -1.89. The third kappa shape index (κ3) is 11.0. The van der Waals surface area contributed by atoms with Crippen molar-refractivity contribution in [2.75, 3.05) is 0 Å². The monoisotopic (exact) mass is 189 g/mol. The van der Waals surface area contributed by atoms with Gasteiger partial charge in [0.15, 0.2) is 0 Å². The molecule has 0 aromatic carbocycles. The van der Waals surface area contributed by atoms with Gasteiger partial charge >= 0.3 is 0 Å².